The summed E-state index contributed by atoms with van der Waals surface area (Å²) in [5.41, 5.74) is -0.156. The summed E-state index contributed by atoms with van der Waals surface area (Å²) in [5, 5.41) is 2.98. The molecule has 1 saturated heterocycles. The second-order valence-corrected chi connectivity index (χ2v) is 6.00. The van der Waals surface area contributed by atoms with Gasteiger partial charge >= 0.3 is 6.03 Å². The van der Waals surface area contributed by atoms with Crippen LogP contribution in [0, 0.1) is 0 Å². The van der Waals surface area contributed by atoms with Crippen molar-refractivity contribution >= 4 is 6.03 Å². The number of likely N-dealkylation sites (tertiary alicyclic amines) is 1. The van der Waals surface area contributed by atoms with Crippen LogP contribution < -0.4 is 5.32 Å². The van der Waals surface area contributed by atoms with Crippen LogP contribution in [0.3, 0.4) is 0 Å². The molecule has 17 heavy (non-hydrogen) atoms. The molecule has 100 valence electrons. The van der Waals surface area contributed by atoms with Gasteiger partial charge in [-0.2, -0.15) is 0 Å². The normalized spacial score (nSPS) is 17.9. The van der Waals surface area contributed by atoms with Crippen molar-refractivity contribution in [3.8, 4) is 0 Å². The van der Waals surface area contributed by atoms with Gasteiger partial charge in [-0.3, -0.25) is 0 Å². The van der Waals surface area contributed by atoms with Crippen molar-refractivity contribution in [1.82, 2.24) is 15.1 Å². The maximum atomic E-state index is 11.8. The van der Waals surface area contributed by atoms with E-state index in [-0.39, 0.29) is 11.6 Å². The van der Waals surface area contributed by atoms with Crippen molar-refractivity contribution in [2.75, 3.05) is 33.2 Å². The number of hydrogen-bond donors (Lipinski definition) is 1. The molecule has 0 radical (unpaired) electrons. The van der Waals surface area contributed by atoms with Crippen molar-refractivity contribution in [3.05, 3.63) is 0 Å². The van der Waals surface area contributed by atoms with E-state index in [1.165, 1.54) is 32.4 Å². The fourth-order valence-electron chi connectivity index (χ4n) is 1.99. The summed E-state index contributed by atoms with van der Waals surface area (Å²) in [6, 6.07) is 0.0227. The first kappa shape index (κ1) is 14.3. The molecule has 1 heterocycles. The Labute approximate surface area is 105 Å². The Morgan fingerprint density at radius 2 is 1.82 bits per heavy atom. The van der Waals surface area contributed by atoms with Crippen LogP contribution >= 0.6 is 0 Å². The molecule has 0 spiro atoms. The monoisotopic (exact) mass is 241 g/mol. The Morgan fingerprint density at radius 3 is 2.35 bits per heavy atom. The summed E-state index contributed by atoms with van der Waals surface area (Å²) in [5.74, 6) is 0. The maximum absolute atomic E-state index is 11.8. The van der Waals surface area contributed by atoms with Gasteiger partial charge in [0.05, 0.1) is 0 Å². The van der Waals surface area contributed by atoms with Gasteiger partial charge in [0.15, 0.2) is 0 Å². The lowest BCUT2D eigenvalue weighted by Gasteiger charge is -2.30. The van der Waals surface area contributed by atoms with E-state index in [1.54, 1.807) is 4.90 Å². The molecule has 0 aliphatic carbocycles. The average Bonchev–Trinajstić information content (AvgIpc) is 2.25. The van der Waals surface area contributed by atoms with Gasteiger partial charge in [-0.1, -0.05) is 6.42 Å². The highest BCUT2D eigenvalue weighted by molar-refractivity contribution is 5.74. The Kier molecular flexibility index (Phi) is 5.25. The molecule has 0 aromatic carbocycles. The molecule has 0 saturated carbocycles. The van der Waals surface area contributed by atoms with Crippen LogP contribution in [0.1, 0.15) is 40.0 Å². The first-order valence-corrected chi connectivity index (χ1v) is 6.64. The minimum atomic E-state index is -0.156. The zero-order valence-corrected chi connectivity index (χ0v) is 11.8. The molecule has 1 fully saturated rings. The zero-order chi connectivity index (χ0) is 12.9. The maximum Gasteiger partial charge on any atom is 0.317 e. The summed E-state index contributed by atoms with van der Waals surface area (Å²) in [7, 11) is 1.87. The number of amides is 2. The third kappa shape index (κ3) is 5.91. The summed E-state index contributed by atoms with van der Waals surface area (Å²) in [6.45, 7) is 10.2. The summed E-state index contributed by atoms with van der Waals surface area (Å²) in [4.78, 5) is 16.1. The molecule has 1 N–H and O–H groups in total. The second-order valence-electron chi connectivity index (χ2n) is 6.00. The Morgan fingerprint density at radius 1 is 1.24 bits per heavy atom. The minimum absolute atomic E-state index is 0.0227. The van der Waals surface area contributed by atoms with Crippen LogP contribution in [-0.4, -0.2) is 54.6 Å². The smallest absolute Gasteiger partial charge is 0.317 e. The molecule has 1 aliphatic heterocycles. The molecule has 1 rings (SSSR count). The fourth-order valence-corrected chi connectivity index (χ4v) is 1.99. The number of hydrogen-bond acceptors (Lipinski definition) is 2. The van der Waals surface area contributed by atoms with Gasteiger partial charge in [0, 0.05) is 25.7 Å². The number of likely N-dealkylation sites (N-methyl/N-ethyl adjacent to an activating group) is 1. The molecule has 4 nitrogen and oxygen atoms in total. The number of rotatable bonds is 3. The number of carbonyl (C=O) groups is 1. The molecule has 0 atom stereocenters. The summed E-state index contributed by atoms with van der Waals surface area (Å²) < 4.78 is 0. The first-order chi connectivity index (χ1) is 7.88. The lowest BCUT2D eigenvalue weighted by molar-refractivity contribution is 0.178. The highest BCUT2D eigenvalue weighted by atomic mass is 16.2. The van der Waals surface area contributed by atoms with Crippen molar-refractivity contribution in [2.24, 2.45) is 0 Å². The highest BCUT2D eigenvalue weighted by Crippen LogP contribution is 2.08. The van der Waals surface area contributed by atoms with Crippen LogP contribution in [0.2, 0.25) is 0 Å². The van der Waals surface area contributed by atoms with Gasteiger partial charge in [-0.15, -0.1) is 0 Å². The number of carbonyl (C=O) groups excluding carboxylic acids is 1. The minimum Gasteiger partial charge on any atom is -0.333 e. The van der Waals surface area contributed by atoms with Crippen molar-refractivity contribution in [1.29, 1.82) is 0 Å². The second kappa shape index (κ2) is 6.24. The topological polar surface area (TPSA) is 35.6 Å². The Hall–Kier alpha value is -0.770. The third-order valence-corrected chi connectivity index (χ3v) is 3.03. The largest absolute Gasteiger partial charge is 0.333 e. The van der Waals surface area contributed by atoms with Crippen LogP contribution in [0.5, 0.6) is 0 Å². The quantitative estimate of drug-likeness (QED) is 0.819. The molecule has 0 aromatic rings. The lowest BCUT2D eigenvalue weighted by atomic mass is 10.1. The van der Waals surface area contributed by atoms with Crippen LogP contribution in [-0.2, 0) is 0 Å². The van der Waals surface area contributed by atoms with Crippen molar-refractivity contribution < 1.29 is 4.79 Å². The van der Waals surface area contributed by atoms with Gasteiger partial charge < -0.3 is 15.1 Å². The molecule has 4 heteroatoms. The van der Waals surface area contributed by atoms with Crippen molar-refractivity contribution in [3.63, 3.8) is 0 Å². The van der Waals surface area contributed by atoms with Crippen LogP contribution in [0.15, 0.2) is 0 Å². The summed E-state index contributed by atoms with van der Waals surface area (Å²) >= 11 is 0. The molecular formula is C13H27N3O. The summed E-state index contributed by atoms with van der Waals surface area (Å²) in [6.07, 6.45) is 3.96. The molecule has 2 amide bonds. The number of nitrogens with one attached hydrogen (secondary N) is 1. The van der Waals surface area contributed by atoms with Gasteiger partial charge in [-0.05, 0) is 46.7 Å². The predicted octanol–water partition coefficient (Wildman–Crippen LogP) is 1.91. The Balaban J connectivity index is 2.23. The molecule has 0 unspecified atom stereocenters. The van der Waals surface area contributed by atoms with Gasteiger partial charge in [-0.25, -0.2) is 4.79 Å². The lowest BCUT2D eigenvalue weighted by Crippen LogP contribution is -2.49. The van der Waals surface area contributed by atoms with E-state index in [4.69, 9.17) is 0 Å². The molecule has 0 aromatic heterocycles. The molecule has 0 bridgehead atoms. The number of piperidine rings is 1. The van der Waals surface area contributed by atoms with Gasteiger partial charge in [0.2, 0.25) is 0 Å². The van der Waals surface area contributed by atoms with E-state index in [1.807, 2.05) is 27.8 Å². The highest BCUT2D eigenvalue weighted by Gasteiger charge is 2.17. The van der Waals surface area contributed by atoms with Crippen molar-refractivity contribution in [2.45, 2.75) is 45.6 Å². The predicted molar refractivity (Wildman–Crippen MR) is 71.2 cm³/mol. The molecular weight excluding hydrogens is 214 g/mol. The molecule has 1 aliphatic rings. The first-order valence-electron chi connectivity index (χ1n) is 6.64. The Bertz CT molecular complexity index is 242. The van der Waals surface area contributed by atoms with Gasteiger partial charge in [0.1, 0.15) is 0 Å². The number of urea groups is 1. The van der Waals surface area contributed by atoms with E-state index in [0.29, 0.717) is 0 Å². The zero-order valence-electron chi connectivity index (χ0n) is 11.8. The van der Waals surface area contributed by atoms with E-state index < -0.39 is 0 Å². The SMILES string of the molecule is CN(CCN1CCCCC1)C(=O)NC(C)(C)C. The van der Waals surface area contributed by atoms with E-state index in [0.717, 1.165) is 13.1 Å². The van der Waals surface area contributed by atoms with E-state index in [2.05, 4.69) is 10.2 Å². The number of nitrogens with zero attached hydrogens (tertiary/aromatic N) is 2. The standard InChI is InChI=1S/C13H27N3O/c1-13(2,3)14-12(17)15(4)10-11-16-8-6-5-7-9-16/h5-11H2,1-4H3,(H,14,17). The van der Waals surface area contributed by atoms with Gasteiger partial charge in [0.25, 0.3) is 0 Å². The van der Waals surface area contributed by atoms with E-state index >= 15 is 0 Å². The van der Waals surface area contributed by atoms with Crippen LogP contribution in [0.4, 0.5) is 4.79 Å². The van der Waals surface area contributed by atoms with E-state index in [9.17, 15) is 4.79 Å². The fraction of sp³-hybridized carbons (Fsp3) is 0.923. The third-order valence-electron chi connectivity index (χ3n) is 3.03. The average molecular weight is 241 g/mol. The van der Waals surface area contributed by atoms with Crippen LogP contribution in [0.25, 0.3) is 0 Å².